The summed E-state index contributed by atoms with van der Waals surface area (Å²) in [4.78, 5) is 25.6. The summed E-state index contributed by atoms with van der Waals surface area (Å²) in [6, 6.07) is 18.9. The molecule has 0 spiro atoms. The Labute approximate surface area is 152 Å². The zero-order valence-corrected chi connectivity index (χ0v) is 14.9. The SMILES string of the molecule is CCOC(=O)C1(C(=O)OCC)O[C@@H](c2ccccc2)[C@@H]1c1ccccc1. The second kappa shape index (κ2) is 7.70. The van der Waals surface area contributed by atoms with Crippen molar-refractivity contribution in [2.24, 2.45) is 0 Å². The molecule has 0 aromatic heterocycles. The third-order valence-corrected chi connectivity index (χ3v) is 4.50. The summed E-state index contributed by atoms with van der Waals surface area (Å²) in [5.74, 6) is -1.94. The van der Waals surface area contributed by atoms with E-state index in [1.54, 1.807) is 13.8 Å². The van der Waals surface area contributed by atoms with E-state index in [4.69, 9.17) is 14.2 Å². The number of esters is 2. The summed E-state index contributed by atoms with van der Waals surface area (Å²) < 4.78 is 16.3. The second-order valence-corrected chi connectivity index (χ2v) is 6.01. The van der Waals surface area contributed by atoms with Crippen molar-refractivity contribution >= 4 is 11.9 Å². The van der Waals surface area contributed by atoms with E-state index in [-0.39, 0.29) is 13.2 Å². The summed E-state index contributed by atoms with van der Waals surface area (Å²) in [6.45, 7) is 3.70. The Morgan fingerprint density at radius 1 is 0.846 bits per heavy atom. The van der Waals surface area contributed by atoms with Gasteiger partial charge in [-0.1, -0.05) is 60.7 Å². The minimum absolute atomic E-state index is 0.154. The van der Waals surface area contributed by atoms with Gasteiger partial charge in [0.2, 0.25) is 0 Å². The van der Waals surface area contributed by atoms with Crippen LogP contribution in [-0.4, -0.2) is 30.8 Å². The van der Waals surface area contributed by atoms with Gasteiger partial charge >= 0.3 is 11.9 Å². The van der Waals surface area contributed by atoms with Gasteiger partial charge in [0.15, 0.2) is 0 Å². The highest BCUT2D eigenvalue weighted by molar-refractivity contribution is 6.06. The van der Waals surface area contributed by atoms with Gasteiger partial charge in [-0.25, -0.2) is 9.59 Å². The largest absolute Gasteiger partial charge is 0.463 e. The van der Waals surface area contributed by atoms with E-state index in [0.717, 1.165) is 11.1 Å². The topological polar surface area (TPSA) is 61.8 Å². The Bertz CT molecular complexity index is 738. The fourth-order valence-corrected chi connectivity index (χ4v) is 3.37. The molecule has 2 aromatic rings. The van der Waals surface area contributed by atoms with Crippen molar-refractivity contribution in [3.8, 4) is 0 Å². The molecule has 0 unspecified atom stereocenters. The van der Waals surface area contributed by atoms with E-state index >= 15 is 0 Å². The van der Waals surface area contributed by atoms with Crippen molar-refractivity contribution in [3.63, 3.8) is 0 Å². The maximum Gasteiger partial charge on any atom is 0.351 e. The molecule has 1 aliphatic heterocycles. The molecule has 0 radical (unpaired) electrons. The molecule has 26 heavy (non-hydrogen) atoms. The molecular formula is C21H22O5. The fourth-order valence-electron chi connectivity index (χ4n) is 3.37. The lowest BCUT2D eigenvalue weighted by Crippen LogP contribution is -2.65. The highest BCUT2D eigenvalue weighted by Gasteiger charge is 2.68. The molecule has 0 amide bonds. The first-order valence-corrected chi connectivity index (χ1v) is 8.77. The molecule has 5 heteroatoms. The summed E-state index contributed by atoms with van der Waals surface area (Å²) >= 11 is 0. The van der Waals surface area contributed by atoms with E-state index < -0.39 is 29.6 Å². The molecule has 1 heterocycles. The Balaban J connectivity index is 2.08. The van der Waals surface area contributed by atoms with Crippen LogP contribution in [0, 0.1) is 0 Å². The second-order valence-electron chi connectivity index (χ2n) is 6.01. The van der Waals surface area contributed by atoms with Gasteiger partial charge in [-0.2, -0.15) is 0 Å². The standard InChI is InChI=1S/C21H22O5/c1-3-24-19(22)21(20(23)25-4-2)17(15-11-7-5-8-12-15)18(26-21)16-13-9-6-10-14-16/h5-14,17-18H,3-4H2,1-2H3/t17-,18-/m0/s1. The van der Waals surface area contributed by atoms with Crippen molar-refractivity contribution in [3.05, 3.63) is 71.8 Å². The summed E-state index contributed by atoms with van der Waals surface area (Å²) in [5, 5.41) is 0. The van der Waals surface area contributed by atoms with Gasteiger partial charge in [0.25, 0.3) is 5.60 Å². The lowest BCUT2D eigenvalue weighted by atomic mass is 9.70. The minimum atomic E-state index is -1.78. The quantitative estimate of drug-likeness (QED) is 0.588. The number of rotatable bonds is 6. The van der Waals surface area contributed by atoms with Gasteiger partial charge in [0, 0.05) is 0 Å². The first-order valence-electron chi connectivity index (χ1n) is 8.77. The molecule has 0 saturated carbocycles. The Morgan fingerprint density at radius 2 is 1.31 bits per heavy atom. The number of benzene rings is 2. The molecule has 0 aliphatic carbocycles. The third kappa shape index (κ3) is 2.99. The van der Waals surface area contributed by atoms with Gasteiger partial charge in [0.1, 0.15) is 0 Å². The Hall–Kier alpha value is -2.66. The van der Waals surface area contributed by atoms with E-state index in [0.29, 0.717) is 0 Å². The molecule has 1 fully saturated rings. The van der Waals surface area contributed by atoms with Crippen LogP contribution >= 0.6 is 0 Å². The van der Waals surface area contributed by atoms with Crippen LogP contribution in [0.25, 0.3) is 0 Å². The first kappa shape index (κ1) is 18.1. The van der Waals surface area contributed by atoms with Crippen molar-refractivity contribution < 1.29 is 23.8 Å². The summed E-state index contributed by atoms with van der Waals surface area (Å²) in [7, 11) is 0. The van der Waals surface area contributed by atoms with Crippen molar-refractivity contribution in [1.82, 2.24) is 0 Å². The summed E-state index contributed by atoms with van der Waals surface area (Å²) in [6.07, 6.45) is -0.438. The molecule has 5 nitrogen and oxygen atoms in total. The van der Waals surface area contributed by atoms with Crippen LogP contribution in [0.2, 0.25) is 0 Å². The predicted molar refractivity (Wildman–Crippen MR) is 95.4 cm³/mol. The highest BCUT2D eigenvalue weighted by atomic mass is 16.6. The normalized spacial score (nSPS) is 20.7. The van der Waals surface area contributed by atoms with Crippen LogP contribution in [0.5, 0.6) is 0 Å². The van der Waals surface area contributed by atoms with Gasteiger partial charge in [0.05, 0.1) is 25.2 Å². The van der Waals surface area contributed by atoms with E-state index in [1.165, 1.54) is 0 Å². The Morgan fingerprint density at radius 3 is 1.77 bits per heavy atom. The number of ether oxygens (including phenoxy) is 3. The molecule has 0 N–H and O–H groups in total. The van der Waals surface area contributed by atoms with Crippen molar-refractivity contribution in [2.75, 3.05) is 13.2 Å². The molecule has 0 bridgehead atoms. The average molecular weight is 354 g/mol. The molecule has 136 valence electrons. The molecule has 1 saturated heterocycles. The number of carbonyl (C=O) groups excluding carboxylic acids is 2. The van der Waals surface area contributed by atoms with Crippen molar-refractivity contribution in [2.45, 2.75) is 31.5 Å². The minimum Gasteiger partial charge on any atom is -0.463 e. The zero-order chi connectivity index (χ0) is 18.6. The van der Waals surface area contributed by atoms with Crippen molar-refractivity contribution in [1.29, 1.82) is 0 Å². The van der Waals surface area contributed by atoms with Crippen LogP contribution in [0.15, 0.2) is 60.7 Å². The highest BCUT2D eigenvalue weighted by Crippen LogP contribution is 2.56. The van der Waals surface area contributed by atoms with E-state index in [2.05, 4.69) is 0 Å². The van der Waals surface area contributed by atoms with E-state index in [1.807, 2.05) is 60.7 Å². The van der Waals surface area contributed by atoms with Gasteiger partial charge < -0.3 is 14.2 Å². The molecular weight excluding hydrogens is 332 g/mol. The first-order chi connectivity index (χ1) is 12.6. The average Bonchev–Trinajstić information content (AvgIpc) is 2.63. The van der Waals surface area contributed by atoms with Gasteiger partial charge in [-0.05, 0) is 25.0 Å². The molecule has 3 rings (SSSR count). The summed E-state index contributed by atoms with van der Waals surface area (Å²) in [5.41, 5.74) is -0.0623. The smallest absolute Gasteiger partial charge is 0.351 e. The van der Waals surface area contributed by atoms with Gasteiger partial charge in [-0.3, -0.25) is 0 Å². The maximum absolute atomic E-state index is 12.8. The Kier molecular flexibility index (Phi) is 5.38. The van der Waals surface area contributed by atoms with Gasteiger partial charge in [-0.15, -0.1) is 0 Å². The lowest BCUT2D eigenvalue weighted by molar-refractivity contribution is -0.250. The number of hydrogen-bond donors (Lipinski definition) is 0. The molecule has 2 aromatic carbocycles. The lowest BCUT2D eigenvalue weighted by Gasteiger charge is -2.50. The predicted octanol–water partition coefficient (Wildman–Crippen LogP) is 3.41. The number of carbonyl (C=O) groups is 2. The third-order valence-electron chi connectivity index (χ3n) is 4.50. The van der Waals surface area contributed by atoms with Crippen LogP contribution in [-0.2, 0) is 23.8 Å². The number of hydrogen-bond acceptors (Lipinski definition) is 5. The van der Waals surface area contributed by atoms with Crippen LogP contribution in [0.1, 0.15) is 37.0 Å². The van der Waals surface area contributed by atoms with Crippen LogP contribution in [0.3, 0.4) is 0 Å². The molecule has 1 aliphatic rings. The fraction of sp³-hybridized carbons (Fsp3) is 0.333. The van der Waals surface area contributed by atoms with E-state index in [9.17, 15) is 9.59 Å². The zero-order valence-electron chi connectivity index (χ0n) is 14.9. The maximum atomic E-state index is 12.8. The van der Waals surface area contributed by atoms with Crippen LogP contribution in [0.4, 0.5) is 0 Å². The van der Waals surface area contributed by atoms with Crippen LogP contribution < -0.4 is 0 Å². The monoisotopic (exact) mass is 354 g/mol. The molecule has 2 atom stereocenters.